The molecule has 0 bridgehead atoms. The molecule has 0 saturated carbocycles. The normalized spacial score (nSPS) is 11.5. The lowest BCUT2D eigenvalue weighted by atomic mass is 10.1. The van der Waals surface area contributed by atoms with Crippen molar-refractivity contribution in [3.8, 4) is 11.5 Å². The molecule has 1 amide bonds. The molecule has 1 N–H and O–H groups in total. The van der Waals surface area contributed by atoms with Crippen LogP contribution in [-0.2, 0) is 11.3 Å². The van der Waals surface area contributed by atoms with Crippen LogP contribution in [0, 0.1) is 0 Å². The van der Waals surface area contributed by atoms with Gasteiger partial charge in [-0.15, -0.1) is 0 Å². The molecule has 3 rings (SSSR count). The second-order valence-corrected chi connectivity index (χ2v) is 7.58. The van der Waals surface area contributed by atoms with E-state index in [0.717, 1.165) is 11.1 Å². The van der Waals surface area contributed by atoms with Gasteiger partial charge in [0, 0.05) is 6.54 Å². The molecule has 1 atom stereocenters. The van der Waals surface area contributed by atoms with Gasteiger partial charge in [0.1, 0.15) is 11.3 Å². The summed E-state index contributed by atoms with van der Waals surface area (Å²) in [5.74, 6) is -0.814. The van der Waals surface area contributed by atoms with Crippen LogP contribution in [0.1, 0.15) is 34.5 Å². The lowest BCUT2D eigenvalue weighted by Crippen LogP contribution is -2.36. The van der Waals surface area contributed by atoms with E-state index in [0.29, 0.717) is 12.3 Å². The van der Waals surface area contributed by atoms with E-state index in [2.05, 4.69) is 0 Å². The van der Waals surface area contributed by atoms with Crippen molar-refractivity contribution in [2.24, 2.45) is 0 Å². The van der Waals surface area contributed by atoms with E-state index in [4.69, 9.17) is 21.1 Å². The summed E-state index contributed by atoms with van der Waals surface area (Å²) in [5, 5.41) is 9.53. The molecule has 6 nitrogen and oxygen atoms in total. The Balaban J connectivity index is 1.86. The van der Waals surface area contributed by atoms with Crippen LogP contribution in [0.5, 0.6) is 11.5 Å². The summed E-state index contributed by atoms with van der Waals surface area (Å²) >= 11 is 6.13. The lowest BCUT2D eigenvalue weighted by molar-refractivity contribution is -0.136. The Morgan fingerprint density at radius 1 is 1.03 bits per heavy atom. The molecule has 0 radical (unpaired) electrons. The van der Waals surface area contributed by atoms with E-state index in [-0.39, 0.29) is 34.9 Å². The van der Waals surface area contributed by atoms with Crippen molar-refractivity contribution in [2.45, 2.75) is 19.5 Å². The number of hydrogen-bond donors (Lipinski definition) is 1. The van der Waals surface area contributed by atoms with Crippen molar-refractivity contribution >= 4 is 23.5 Å². The second kappa shape index (κ2) is 10.7. The number of carbonyl (C=O) groups is 2. The first kappa shape index (κ1) is 23.2. The summed E-state index contributed by atoms with van der Waals surface area (Å²) in [5.41, 5.74) is 1.76. The zero-order chi connectivity index (χ0) is 23.1. The van der Waals surface area contributed by atoms with Crippen LogP contribution in [0.25, 0.3) is 0 Å². The van der Waals surface area contributed by atoms with Crippen LogP contribution in [0.3, 0.4) is 0 Å². The summed E-state index contributed by atoms with van der Waals surface area (Å²) in [6.45, 7) is 1.90. The van der Waals surface area contributed by atoms with Gasteiger partial charge in [0.15, 0.2) is 12.4 Å². The van der Waals surface area contributed by atoms with Crippen molar-refractivity contribution in [1.29, 1.82) is 0 Å². The standard InChI is InChI=1S/C25H24ClNO5/c1-17(19-9-4-3-5-10-19)27(15-18-8-6-11-20(14-18)31-2)23(28)16-32-24-21(25(29)30)12-7-13-22(24)26/h3-14,17H,15-16H2,1-2H3,(H,29,30)/t17-/m1/s1. The van der Waals surface area contributed by atoms with Crippen LogP contribution in [0.4, 0.5) is 0 Å². The minimum Gasteiger partial charge on any atom is -0.497 e. The summed E-state index contributed by atoms with van der Waals surface area (Å²) in [7, 11) is 1.59. The van der Waals surface area contributed by atoms with Gasteiger partial charge in [-0.05, 0) is 42.3 Å². The molecule has 0 unspecified atom stereocenters. The Morgan fingerprint density at radius 3 is 2.44 bits per heavy atom. The number of carbonyl (C=O) groups excluding carboxylic acids is 1. The zero-order valence-electron chi connectivity index (χ0n) is 17.8. The smallest absolute Gasteiger partial charge is 0.339 e. The molecule has 0 aliphatic heterocycles. The molecule has 166 valence electrons. The molecular weight excluding hydrogens is 430 g/mol. The number of rotatable bonds is 9. The summed E-state index contributed by atoms with van der Waals surface area (Å²) < 4.78 is 10.9. The van der Waals surface area contributed by atoms with Crippen molar-refractivity contribution in [1.82, 2.24) is 4.90 Å². The van der Waals surface area contributed by atoms with E-state index in [1.54, 1.807) is 12.0 Å². The number of benzene rings is 3. The Morgan fingerprint density at radius 2 is 1.75 bits per heavy atom. The average molecular weight is 454 g/mol. The SMILES string of the molecule is COc1cccc(CN(C(=O)COc2c(Cl)cccc2C(=O)O)[C@H](C)c2ccccc2)c1. The average Bonchev–Trinajstić information content (AvgIpc) is 2.81. The summed E-state index contributed by atoms with van der Waals surface area (Å²) in [4.78, 5) is 26.4. The van der Waals surface area contributed by atoms with Crippen LogP contribution < -0.4 is 9.47 Å². The molecule has 0 spiro atoms. The number of amides is 1. The first-order valence-corrected chi connectivity index (χ1v) is 10.4. The molecule has 0 aliphatic rings. The molecule has 32 heavy (non-hydrogen) atoms. The first-order valence-electron chi connectivity index (χ1n) is 10.0. The van der Waals surface area contributed by atoms with Gasteiger partial charge in [-0.2, -0.15) is 0 Å². The number of ether oxygens (including phenoxy) is 2. The molecule has 0 heterocycles. The number of para-hydroxylation sites is 1. The maximum absolute atomic E-state index is 13.3. The van der Waals surface area contributed by atoms with Gasteiger partial charge in [-0.1, -0.05) is 60.1 Å². The van der Waals surface area contributed by atoms with Crippen molar-refractivity contribution in [3.63, 3.8) is 0 Å². The highest BCUT2D eigenvalue weighted by atomic mass is 35.5. The molecule has 7 heteroatoms. The number of aromatic carboxylic acids is 1. The Labute approximate surface area is 192 Å². The van der Waals surface area contributed by atoms with E-state index in [1.807, 2.05) is 61.5 Å². The quantitative estimate of drug-likeness (QED) is 0.481. The van der Waals surface area contributed by atoms with E-state index >= 15 is 0 Å². The fourth-order valence-corrected chi connectivity index (χ4v) is 3.59. The second-order valence-electron chi connectivity index (χ2n) is 7.17. The van der Waals surface area contributed by atoms with Crippen molar-refractivity contribution in [3.05, 3.63) is 94.5 Å². The Kier molecular flexibility index (Phi) is 7.73. The van der Waals surface area contributed by atoms with Crippen LogP contribution in [-0.4, -0.2) is 35.6 Å². The van der Waals surface area contributed by atoms with Crippen LogP contribution in [0.2, 0.25) is 5.02 Å². The fourth-order valence-electron chi connectivity index (χ4n) is 3.36. The third-order valence-corrected chi connectivity index (χ3v) is 5.39. The lowest BCUT2D eigenvalue weighted by Gasteiger charge is -2.30. The third kappa shape index (κ3) is 5.59. The van der Waals surface area contributed by atoms with Gasteiger partial charge in [0.2, 0.25) is 0 Å². The topological polar surface area (TPSA) is 76.1 Å². The monoisotopic (exact) mass is 453 g/mol. The van der Waals surface area contributed by atoms with Gasteiger partial charge in [0.05, 0.1) is 18.2 Å². The van der Waals surface area contributed by atoms with Gasteiger partial charge in [-0.25, -0.2) is 4.79 Å². The van der Waals surface area contributed by atoms with E-state index in [9.17, 15) is 14.7 Å². The predicted molar refractivity (Wildman–Crippen MR) is 122 cm³/mol. The van der Waals surface area contributed by atoms with Crippen LogP contribution >= 0.6 is 11.6 Å². The van der Waals surface area contributed by atoms with E-state index < -0.39 is 5.97 Å². The number of hydrogen-bond acceptors (Lipinski definition) is 4. The molecule has 0 aromatic heterocycles. The zero-order valence-corrected chi connectivity index (χ0v) is 18.6. The Bertz CT molecular complexity index is 1090. The van der Waals surface area contributed by atoms with Gasteiger partial charge >= 0.3 is 5.97 Å². The fraction of sp³-hybridized carbons (Fsp3) is 0.200. The summed E-state index contributed by atoms with van der Waals surface area (Å²) in [6, 6.07) is 21.3. The first-order chi connectivity index (χ1) is 15.4. The van der Waals surface area contributed by atoms with Crippen LogP contribution in [0.15, 0.2) is 72.8 Å². The number of carboxylic acid groups (broad SMARTS) is 1. The van der Waals surface area contributed by atoms with Gasteiger partial charge in [0.25, 0.3) is 5.91 Å². The number of nitrogens with zero attached hydrogens (tertiary/aromatic N) is 1. The Hall–Kier alpha value is -3.51. The largest absolute Gasteiger partial charge is 0.497 e. The molecule has 0 aliphatic carbocycles. The third-order valence-electron chi connectivity index (χ3n) is 5.09. The number of halogens is 1. The van der Waals surface area contributed by atoms with Gasteiger partial charge < -0.3 is 19.5 Å². The maximum atomic E-state index is 13.3. The van der Waals surface area contributed by atoms with E-state index in [1.165, 1.54) is 18.2 Å². The molecule has 0 saturated heterocycles. The maximum Gasteiger partial charge on any atom is 0.339 e. The van der Waals surface area contributed by atoms with Crippen molar-refractivity contribution in [2.75, 3.05) is 13.7 Å². The molecule has 0 fully saturated rings. The highest BCUT2D eigenvalue weighted by Crippen LogP contribution is 2.29. The number of methoxy groups -OCH3 is 1. The van der Waals surface area contributed by atoms with Crippen molar-refractivity contribution < 1.29 is 24.2 Å². The molecule has 3 aromatic carbocycles. The number of carboxylic acids is 1. The highest BCUT2D eigenvalue weighted by molar-refractivity contribution is 6.32. The van der Waals surface area contributed by atoms with Gasteiger partial charge in [-0.3, -0.25) is 4.79 Å². The molecule has 3 aromatic rings. The summed E-state index contributed by atoms with van der Waals surface area (Å²) in [6.07, 6.45) is 0. The molecular formula is C25H24ClNO5. The highest BCUT2D eigenvalue weighted by Gasteiger charge is 2.24. The minimum atomic E-state index is -1.18. The predicted octanol–water partition coefficient (Wildman–Crippen LogP) is 5.22. The minimum absolute atomic E-state index is 0.0243.